The van der Waals surface area contributed by atoms with E-state index in [9.17, 15) is 4.79 Å². The molecule has 0 aliphatic rings. The predicted molar refractivity (Wildman–Crippen MR) is 53.5 cm³/mol. The van der Waals surface area contributed by atoms with Crippen LogP contribution in [0.2, 0.25) is 0 Å². The van der Waals surface area contributed by atoms with Crippen LogP contribution in [0.15, 0.2) is 24.3 Å². The summed E-state index contributed by atoms with van der Waals surface area (Å²) in [6.07, 6.45) is -0.465. The van der Waals surface area contributed by atoms with Gasteiger partial charge < -0.3 is 9.84 Å². The van der Waals surface area contributed by atoms with E-state index in [1.54, 1.807) is 31.2 Å². The molecule has 78 valence electrons. The maximum Gasteiger partial charge on any atom is 0.307 e. The van der Waals surface area contributed by atoms with E-state index >= 15 is 0 Å². The van der Waals surface area contributed by atoms with Gasteiger partial charge in [0.05, 0.1) is 18.1 Å². The molecule has 0 fully saturated rings. The Bertz CT molecular complexity index is 395. The van der Waals surface area contributed by atoms with Crippen molar-refractivity contribution in [2.24, 2.45) is 0 Å². The van der Waals surface area contributed by atoms with E-state index in [-0.39, 0.29) is 6.42 Å². The van der Waals surface area contributed by atoms with Gasteiger partial charge in [-0.05, 0) is 25.1 Å². The van der Waals surface area contributed by atoms with Gasteiger partial charge in [0.1, 0.15) is 11.9 Å². The van der Waals surface area contributed by atoms with Gasteiger partial charge in [-0.15, -0.1) is 0 Å². The Balaban J connectivity index is 2.64. The van der Waals surface area contributed by atoms with Crippen LogP contribution < -0.4 is 4.74 Å². The van der Waals surface area contributed by atoms with E-state index in [1.807, 2.05) is 6.07 Å². The van der Waals surface area contributed by atoms with Crippen molar-refractivity contribution < 1.29 is 14.6 Å². The monoisotopic (exact) mass is 205 g/mol. The molecule has 0 aromatic heterocycles. The molecule has 0 saturated carbocycles. The molecule has 4 heteroatoms. The number of hydrogen-bond donors (Lipinski definition) is 1. The van der Waals surface area contributed by atoms with Gasteiger partial charge in [-0.3, -0.25) is 4.79 Å². The molecule has 1 aromatic rings. The second-order valence-corrected chi connectivity index (χ2v) is 3.17. The molecule has 0 heterocycles. The van der Waals surface area contributed by atoms with Crippen molar-refractivity contribution in [3.8, 4) is 11.8 Å². The largest absolute Gasteiger partial charge is 0.490 e. The number of aliphatic carboxylic acids is 1. The number of carboxylic acid groups (broad SMARTS) is 1. The van der Waals surface area contributed by atoms with Gasteiger partial charge in [0.15, 0.2) is 0 Å². The van der Waals surface area contributed by atoms with Gasteiger partial charge in [-0.2, -0.15) is 5.26 Å². The van der Waals surface area contributed by atoms with E-state index in [4.69, 9.17) is 15.1 Å². The Morgan fingerprint density at radius 1 is 1.67 bits per heavy atom. The number of nitrogens with zero attached hydrogens (tertiary/aromatic N) is 1. The van der Waals surface area contributed by atoms with Gasteiger partial charge in [0.2, 0.25) is 0 Å². The maximum absolute atomic E-state index is 10.4. The first kappa shape index (κ1) is 11.1. The number of benzene rings is 1. The third-order valence-corrected chi connectivity index (χ3v) is 1.76. The van der Waals surface area contributed by atoms with Gasteiger partial charge >= 0.3 is 5.97 Å². The highest BCUT2D eigenvalue weighted by atomic mass is 16.5. The average Bonchev–Trinajstić information content (AvgIpc) is 2.16. The quantitative estimate of drug-likeness (QED) is 0.813. The maximum atomic E-state index is 10.4. The molecule has 1 rings (SSSR count). The molecule has 4 nitrogen and oxygen atoms in total. The van der Waals surface area contributed by atoms with Crippen LogP contribution in [-0.4, -0.2) is 17.2 Å². The molecule has 0 saturated heterocycles. The van der Waals surface area contributed by atoms with Crippen molar-refractivity contribution in [3.63, 3.8) is 0 Å². The number of carboxylic acids is 1. The van der Waals surface area contributed by atoms with E-state index in [1.165, 1.54) is 0 Å². The molecule has 15 heavy (non-hydrogen) atoms. The zero-order valence-corrected chi connectivity index (χ0v) is 8.30. The van der Waals surface area contributed by atoms with Crippen molar-refractivity contribution in [1.29, 1.82) is 5.26 Å². The second kappa shape index (κ2) is 5.01. The summed E-state index contributed by atoms with van der Waals surface area (Å²) in [4.78, 5) is 10.4. The van der Waals surface area contributed by atoms with Gasteiger partial charge in [-0.1, -0.05) is 6.07 Å². The SMILES string of the molecule is C[C@H](CC(=O)O)Oc1cccc(C#N)c1. The van der Waals surface area contributed by atoms with Crippen molar-refractivity contribution >= 4 is 5.97 Å². The first-order chi connectivity index (χ1) is 7.11. The number of hydrogen-bond acceptors (Lipinski definition) is 3. The summed E-state index contributed by atoms with van der Waals surface area (Å²) in [5.41, 5.74) is 0.495. The summed E-state index contributed by atoms with van der Waals surface area (Å²) in [6, 6.07) is 8.62. The molecule has 0 radical (unpaired) electrons. The fourth-order valence-corrected chi connectivity index (χ4v) is 1.16. The predicted octanol–water partition coefficient (Wildman–Crippen LogP) is 1.80. The van der Waals surface area contributed by atoms with Crippen LogP contribution in [0.3, 0.4) is 0 Å². The standard InChI is InChI=1S/C11H11NO3/c1-8(5-11(13)14)15-10-4-2-3-9(6-10)7-12/h2-4,6,8H,5H2,1H3,(H,13,14)/t8-/m1/s1. The van der Waals surface area contributed by atoms with Crippen molar-refractivity contribution in [2.75, 3.05) is 0 Å². The molecule has 1 aromatic carbocycles. The molecule has 0 amide bonds. The molecular formula is C11H11NO3. The van der Waals surface area contributed by atoms with E-state index in [2.05, 4.69) is 0 Å². The van der Waals surface area contributed by atoms with Crippen LogP contribution >= 0.6 is 0 Å². The summed E-state index contributed by atoms with van der Waals surface area (Å²) < 4.78 is 5.34. The van der Waals surface area contributed by atoms with Crippen LogP contribution in [-0.2, 0) is 4.79 Å². The van der Waals surface area contributed by atoms with Crippen LogP contribution in [0, 0.1) is 11.3 Å². The lowest BCUT2D eigenvalue weighted by Crippen LogP contribution is -2.16. The Labute approximate surface area is 87.7 Å². The highest BCUT2D eigenvalue weighted by molar-refractivity contribution is 5.67. The molecule has 0 aliphatic heterocycles. The number of rotatable bonds is 4. The fourth-order valence-electron chi connectivity index (χ4n) is 1.16. The van der Waals surface area contributed by atoms with Crippen LogP contribution in [0.5, 0.6) is 5.75 Å². The Kier molecular flexibility index (Phi) is 3.69. The molecule has 1 atom stereocenters. The zero-order chi connectivity index (χ0) is 11.3. The van der Waals surface area contributed by atoms with Gasteiger partial charge in [-0.25, -0.2) is 0 Å². The topological polar surface area (TPSA) is 70.3 Å². The molecule has 0 spiro atoms. The second-order valence-electron chi connectivity index (χ2n) is 3.17. The minimum absolute atomic E-state index is 0.0587. The fraction of sp³-hybridized carbons (Fsp3) is 0.273. The lowest BCUT2D eigenvalue weighted by atomic mass is 10.2. The first-order valence-corrected chi connectivity index (χ1v) is 4.50. The minimum Gasteiger partial charge on any atom is -0.490 e. The van der Waals surface area contributed by atoms with Crippen LogP contribution in [0.1, 0.15) is 18.9 Å². The number of nitriles is 1. The Morgan fingerprint density at radius 3 is 3.00 bits per heavy atom. The average molecular weight is 205 g/mol. The zero-order valence-electron chi connectivity index (χ0n) is 8.30. The third kappa shape index (κ3) is 3.69. The van der Waals surface area contributed by atoms with Gasteiger partial charge in [0.25, 0.3) is 0 Å². The van der Waals surface area contributed by atoms with Crippen LogP contribution in [0.25, 0.3) is 0 Å². The molecule has 1 N–H and O–H groups in total. The van der Waals surface area contributed by atoms with Crippen molar-refractivity contribution in [2.45, 2.75) is 19.4 Å². The normalized spacial score (nSPS) is 11.5. The molecule has 0 bridgehead atoms. The summed E-state index contributed by atoms with van der Waals surface area (Å²) >= 11 is 0. The summed E-state index contributed by atoms with van der Waals surface area (Å²) in [6.45, 7) is 1.67. The molecule has 0 unspecified atom stereocenters. The highest BCUT2D eigenvalue weighted by Gasteiger charge is 2.08. The Hall–Kier alpha value is -2.02. The van der Waals surface area contributed by atoms with E-state index in [0.717, 1.165) is 0 Å². The van der Waals surface area contributed by atoms with E-state index in [0.29, 0.717) is 11.3 Å². The summed E-state index contributed by atoms with van der Waals surface area (Å²) in [5, 5.41) is 17.2. The van der Waals surface area contributed by atoms with Gasteiger partial charge in [0, 0.05) is 0 Å². The minimum atomic E-state index is -0.904. The lowest BCUT2D eigenvalue weighted by Gasteiger charge is -2.12. The van der Waals surface area contributed by atoms with Crippen molar-refractivity contribution in [1.82, 2.24) is 0 Å². The van der Waals surface area contributed by atoms with E-state index < -0.39 is 12.1 Å². The first-order valence-electron chi connectivity index (χ1n) is 4.50. The lowest BCUT2D eigenvalue weighted by molar-refractivity contribution is -0.138. The summed E-state index contributed by atoms with van der Waals surface area (Å²) in [7, 11) is 0. The van der Waals surface area contributed by atoms with Crippen LogP contribution in [0.4, 0.5) is 0 Å². The van der Waals surface area contributed by atoms with Crippen molar-refractivity contribution in [3.05, 3.63) is 29.8 Å². The number of carbonyl (C=O) groups is 1. The summed E-state index contributed by atoms with van der Waals surface area (Å²) in [5.74, 6) is -0.387. The smallest absolute Gasteiger partial charge is 0.307 e. The number of ether oxygens (including phenoxy) is 1. The molecule has 0 aliphatic carbocycles. The molecular weight excluding hydrogens is 194 g/mol. The third-order valence-electron chi connectivity index (χ3n) is 1.76. The Morgan fingerprint density at radius 2 is 2.40 bits per heavy atom. The highest BCUT2D eigenvalue weighted by Crippen LogP contribution is 2.15.